The molecule has 0 saturated heterocycles. The van der Waals surface area contributed by atoms with E-state index in [1.165, 1.54) is 0 Å². The van der Waals surface area contributed by atoms with Gasteiger partial charge in [0, 0.05) is 0 Å². The Morgan fingerprint density at radius 2 is 0.842 bits per heavy atom. The zero-order valence-electron chi connectivity index (χ0n) is 8.23. The summed E-state index contributed by atoms with van der Waals surface area (Å²) in [6.45, 7) is 0. The van der Waals surface area contributed by atoms with Gasteiger partial charge in [-0.05, 0) is 0 Å². The highest BCUT2D eigenvalue weighted by atomic mass is 35.6. The number of hydrogen-bond acceptors (Lipinski definition) is 0. The van der Waals surface area contributed by atoms with Gasteiger partial charge in [0.1, 0.15) is 5.56 Å². The minimum Gasteiger partial charge on any atom is -0.203 e. The van der Waals surface area contributed by atoms with Gasteiger partial charge in [-0.25, -0.2) is 22.0 Å². The van der Waals surface area contributed by atoms with Crippen LogP contribution < -0.4 is 0 Å². The molecular weight excluding hydrogens is 354 g/mol. The topological polar surface area (TPSA) is 0 Å². The van der Waals surface area contributed by atoms with Crippen LogP contribution in [0.2, 0.25) is 0 Å². The van der Waals surface area contributed by atoms with E-state index < -0.39 is 45.1 Å². The Hall–Kier alpha value is -0.470. The van der Waals surface area contributed by atoms with E-state index in [1.807, 2.05) is 0 Å². The molecule has 0 amide bonds. The number of rotatable bonds is 0. The first kappa shape index (κ1) is 18.5. The molecule has 0 spiro atoms. The van der Waals surface area contributed by atoms with Gasteiger partial charge in [0.2, 0.25) is 5.82 Å². The van der Waals surface area contributed by atoms with Crippen molar-refractivity contribution >= 4 is 34.8 Å². The van der Waals surface area contributed by atoms with Crippen molar-refractivity contribution in [1.29, 1.82) is 0 Å². The lowest BCUT2D eigenvalue weighted by Gasteiger charge is -2.10. The number of hydrogen-bond donors (Lipinski definition) is 0. The van der Waals surface area contributed by atoms with Crippen molar-refractivity contribution in [2.24, 2.45) is 0 Å². The quantitative estimate of drug-likeness (QED) is 0.253. The minimum absolute atomic E-state index is 0.750. The van der Waals surface area contributed by atoms with Crippen LogP contribution >= 0.6 is 34.8 Å². The largest absolute Gasteiger partial charge is 0.422 e. The molecule has 1 aromatic carbocycles. The average Bonchev–Trinajstić information content (AvgIpc) is 2.21. The monoisotopic (exact) mass is 354 g/mol. The molecule has 1 aromatic rings. The third-order valence-corrected chi connectivity index (χ3v) is 1.49. The second-order valence-corrected chi connectivity index (χ2v) is 4.67. The predicted octanol–water partition coefficient (Wildman–Crippen LogP) is 5.39. The number of benzene rings is 1. The Balaban J connectivity index is 0.000000711. The van der Waals surface area contributed by atoms with Crippen molar-refractivity contribution in [2.75, 3.05) is 0 Å². The van der Waals surface area contributed by atoms with E-state index >= 15 is 0 Å². The molecule has 0 aliphatic carbocycles. The molecule has 0 aliphatic heterocycles. The fourth-order valence-electron chi connectivity index (χ4n) is 0.854. The molecule has 0 atom stereocenters. The van der Waals surface area contributed by atoms with Crippen LogP contribution in [0.15, 0.2) is 0 Å². The lowest BCUT2D eigenvalue weighted by atomic mass is 10.1. The summed E-state index contributed by atoms with van der Waals surface area (Å²) in [5, 5.41) is 0. The SMILES string of the molecule is ClC(Cl)Cl.Fc1c(F)c(F)c(C(F)(F)F)c(F)c1F. The molecular formula is C8HCl3F8. The molecule has 0 heterocycles. The fraction of sp³-hybridized carbons (Fsp3) is 0.250. The van der Waals surface area contributed by atoms with Gasteiger partial charge in [-0.15, -0.1) is 0 Å². The van der Waals surface area contributed by atoms with E-state index in [-0.39, 0.29) is 0 Å². The summed E-state index contributed by atoms with van der Waals surface area (Å²) in [6, 6.07) is 0. The zero-order valence-corrected chi connectivity index (χ0v) is 10.5. The van der Waals surface area contributed by atoms with Gasteiger partial charge in [0.15, 0.2) is 27.6 Å². The first-order chi connectivity index (χ1) is 8.41. The highest BCUT2D eigenvalue weighted by Gasteiger charge is 2.42. The van der Waals surface area contributed by atoms with Gasteiger partial charge >= 0.3 is 6.18 Å². The molecule has 110 valence electrons. The van der Waals surface area contributed by atoms with E-state index in [4.69, 9.17) is 34.8 Å². The van der Waals surface area contributed by atoms with Gasteiger partial charge < -0.3 is 0 Å². The van der Waals surface area contributed by atoms with Crippen molar-refractivity contribution in [2.45, 2.75) is 10.5 Å². The molecule has 11 heteroatoms. The van der Waals surface area contributed by atoms with Crippen molar-refractivity contribution in [3.8, 4) is 0 Å². The molecule has 0 saturated carbocycles. The van der Waals surface area contributed by atoms with E-state index in [0.29, 0.717) is 0 Å². The van der Waals surface area contributed by atoms with Crippen LogP contribution in [0.1, 0.15) is 5.56 Å². The van der Waals surface area contributed by atoms with E-state index in [2.05, 4.69) is 0 Å². The molecule has 0 fully saturated rings. The van der Waals surface area contributed by atoms with Crippen molar-refractivity contribution in [1.82, 2.24) is 0 Å². The van der Waals surface area contributed by atoms with Crippen LogP contribution in [0.3, 0.4) is 0 Å². The summed E-state index contributed by atoms with van der Waals surface area (Å²) in [7, 11) is 0. The van der Waals surface area contributed by atoms with E-state index in [0.717, 1.165) is 0 Å². The standard InChI is InChI=1S/C7F8.CHCl3/c8-2-1(7(13,14)15)3(9)5(11)6(12)4(2)10;2-1(3)4/h;1H. The normalized spacial score (nSPS) is 11.4. The lowest BCUT2D eigenvalue weighted by molar-refractivity contribution is -0.143. The Labute approximate surface area is 115 Å². The maximum absolute atomic E-state index is 12.5. The first-order valence-corrected chi connectivity index (χ1v) is 5.23. The Bertz CT molecular complexity index is 425. The maximum atomic E-state index is 12.5. The molecule has 19 heavy (non-hydrogen) atoms. The fourth-order valence-corrected chi connectivity index (χ4v) is 0.854. The van der Waals surface area contributed by atoms with Crippen LogP contribution in [0, 0.1) is 29.1 Å². The third kappa shape index (κ3) is 4.85. The molecule has 0 radical (unpaired) electrons. The van der Waals surface area contributed by atoms with Crippen LogP contribution in [0.5, 0.6) is 0 Å². The molecule has 0 aliphatic rings. The average molecular weight is 355 g/mol. The second-order valence-electron chi connectivity index (χ2n) is 2.69. The number of halogens is 11. The first-order valence-electron chi connectivity index (χ1n) is 3.92. The van der Waals surface area contributed by atoms with Crippen LogP contribution in [-0.4, -0.2) is 4.30 Å². The molecule has 0 aromatic heterocycles. The summed E-state index contributed by atoms with van der Waals surface area (Å²) in [4.78, 5) is 0. The van der Waals surface area contributed by atoms with Gasteiger partial charge in [-0.1, -0.05) is 34.8 Å². The summed E-state index contributed by atoms with van der Waals surface area (Å²) >= 11 is 14.4. The zero-order chi connectivity index (χ0) is 15.5. The van der Waals surface area contributed by atoms with E-state index in [1.54, 1.807) is 0 Å². The minimum atomic E-state index is -5.65. The van der Waals surface area contributed by atoms with Crippen LogP contribution in [0.25, 0.3) is 0 Å². The summed E-state index contributed by atoms with van der Waals surface area (Å²) in [5.41, 5.74) is -2.79. The van der Waals surface area contributed by atoms with Crippen LogP contribution in [0.4, 0.5) is 35.1 Å². The van der Waals surface area contributed by atoms with Gasteiger partial charge in [-0.2, -0.15) is 13.2 Å². The highest BCUT2D eigenvalue weighted by molar-refractivity contribution is 6.63. The van der Waals surface area contributed by atoms with Gasteiger partial charge in [-0.3, -0.25) is 0 Å². The van der Waals surface area contributed by atoms with Crippen molar-refractivity contribution in [3.63, 3.8) is 0 Å². The molecule has 0 nitrogen and oxygen atoms in total. The lowest BCUT2D eigenvalue weighted by Crippen LogP contribution is -2.16. The van der Waals surface area contributed by atoms with Gasteiger partial charge in [0.25, 0.3) is 0 Å². The number of alkyl halides is 6. The molecule has 0 unspecified atom stereocenters. The Morgan fingerprint density at radius 3 is 1.05 bits per heavy atom. The van der Waals surface area contributed by atoms with Crippen molar-refractivity contribution in [3.05, 3.63) is 34.6 Å². The second kappa shape index (κ2) is 6.81. The Kier molecular flexibility index (Phi) is 6.64. The highest BCUT2D eigenvalue weighted by Crippen LogP contribution is 2.36. The summed E-state index contributed by atoms with van der Waals surface area (Å²) in [5.74, 6) is -13.7. The van der Waals surface area contributed by atoms with Crippen LogP contribution in [-0.2, 0) is 6.18 Å². The molecule has 0 bridgehead atoms. The summed E-state index contributed by atoms with van der Waals surface area (Å²) < 4.78 is 96.6. The maximum Gasteiger partial charge on any atom is 0.422 e. The molecule has 0 N–H and O–H groups in total. The summed E-state index contributed by atoms with van der Waals surface area (Å²) in [6.07, 6.45) is -5.65. The third-order valence-electron chi connectivity index (χ3n) is 1.49. The van der Waals surface area contributed by atoms with Gasteiger partial charge in [0.05, 0.1) is 0 Å². The van der Waals surface area contributed by atoms with Crippen molar-refractivity contribution < 1.29 is 35.1 Å². The Morgan fingerprint density at radius 1 is 0.632 bits per heavy atom. The smallest absolute Gasteiger partial charge is 0.203 e. The predicted molar refractivity (Wildman–Crippen MR) is 52.6 cm³/mol. The van der Waals surface area contributed by atoms with E-state index in [9.17, 15) is 35.1 Å². The molecule has 1 rings (SSSR count).